The number of anilines is 2. The van der Waals surface area contributed by atoms with E-state index in [4.69, 9.17) is 4.42 Å². The Labute approximate surface area is 145 Å². The van der Waals surface area contributed by atoms with Crippen LogP contribution in [0.5, 0.6) is 0 Å². The van der Waals surface area contributed by atoms with E-state index in [1.165, 1.54) is 11.8 Å². The molecular weight excluding hydrogens is 316 g/mol. The van der Waals surface area contributed by atoms with Crippen molar-refractivity contribution in [1.29, 1.82) is 0 Å². The van der Waals surface area contributed by atoms with E-state index >= 15 is 0 Å². The smallest absolute Gasteiger partial charge is 0.291 e. The normalized spacial score (nSPS) is 10.3. The van der Waals surface area contributed by atoms with Crippen molar-refractivity contribution in [3.05, 3.63) is 83.8 Å². The third-order valence-electron chi connectivity index (χ3n) is 3.77. The van der Waals surface area contributed by atoms with Crippen molar-refractivity contribution in [2.45, 2.75) is 13.3 Å². The minimum Gasteiger partial charge on any atom is -0.459 e. The monoisotopic (exact) mass is 334 g/mol. The molecule has 5 heteroatoms. The number of carbonyl (C=O) groups is 2. The maximum absolute atomic E-state index is 12.3. The lowest BCUT2D eigenvalue weighted by molar-refractivity contribution is 0.0995. The number of carbonyl (C=O) groups excluding carboxylic acids is 2. The van der Waals surface area contributed by atoms with E-state index in [-0.39, 0.29) is 17.6 Å². The SMILES string of the molecule is CCc1ccc(NC(=O)c2ccc(NC(=O)c3ccco3)cc2)cc1. The average molecular weight is 334 g/mol. The summed E-state index contributed by atoms with van der Waals surface area (Å²) in [5, 5.41) is 5.56. The predicted octanol–water partition coefficient (Wildman–Crippen LogP) is 4.35. The van der Waals surface area contributed by atoms with Crippen LogP contribution in [0.15, 0.2) is 71.3 Å². The van der Waals surface area contributed by atoms with Gasteiger partial charge in [0.1, 0.15) is 0 Å². The Morgan fingerprint density at radius 1 is 0.840 bits per heavy atom. The summed E-state index contributed by atoms with van der Waals surface area (Å²) < 4.78 is 5.04. The van der Waals surface area contributed by atoms with Gasteiger partial charge < -0.3 is 15.1 Å². The number of amides is 2. The zero-order valence-corrected chi connectivity index (χ0v) is 13.8. The summed E-state index contributed by atoms with van der Waals surface area (Å²) in [6, 6.07) is 17.7. The minimum absolute atomic E-state index is 0.201. The molecule has 0 atom stereocenters. The lowest BCUT2D eigenvalue weighted by Gasteiger charge is -2.07. The van der Waals surface area contributed by atoms with Crippen molar-refractivity contribution >= 4 is 23.2 Å². The first-order valence-electron chi connectivity index (χ1n) is 8.01. The van der Waals surface area contributed by atoms with Gasteiger partial charge in [-0.05, 0) is 60.5 Å². The molecule has 1 aromatic heterocycles. The summed E-state index contributed by atoms with van der Waals surface area (Å²) in [6.45, 7) is 2.08. The van der Waals surface area contributed by atoms with Crippen LogP contribution in [0, 0.1) is 0 Å². The molecule has 0 saturated carbocycles. The van der Waals surface area contributed by atoms with E-state index in [1.807, 2.05) is 24.3 Å². The lowest BCUT2D eigenvalue weighted by atomic mass is 10.1. The highest BCUT2D eigenvalue weighted by Crippen LogP contribution is 2.15. The van der Waals surface area contributed by atoms with Gasteiger partial charge in [0.15, 0.2) is 5.76 Å². The molecule has 1 heterocycles. The number of hydrogen-bond donors (Lipinski definition) is 2. The van der Waals surface area contributed by atoms with Gasteiger partial charge in [-0.15, -0.1) is 0 Å². The summed E-state index contributed by atoms with van der Waals surface area (Å²) >= 11 is 0. The molecule has 3 rings (SSSR count). The number of furan rings is 1. The number of benzene rings is 2. The maximum atomic E-state index is 12.3. The molecule has 2 N–H and O–H groups in total. The number of nitrogens with one attached hydrogen (secondary N) is 2. The first kappa shape index (κ1) is 16.5. The van der Waals surface area contributed by atoms with Crippen molar-refractivity contribution in [3.8, 4) is 0 Å². The zero-order chi connectivity index (χ0) is 17.6. The summed E-state index contributed by atoms with van der Waals surface area (Å²) in [6.07, 6.45) is 2.40. The molecule has 0 bridgehead atoms. The molecule has 126 valence electrons. The van der Waals surface area contributed by atoms with Crippen LogP contribution in [0.4, 0.5) is 11.4 Å². The number of hydrogen-bond acceptors (Lipinski definition) is 3. The zero-order valence-electron chi connectivity index (χ0n) is 13.8. The Kier molecular flexibility index (Phi) is 4.95. The second-order valence-corrected chi connectivity index (χ2v) is 5.51. The van der Waals surface area contributed by atoms with E-state index in [0.717, 1.165) is 12.1 Å². The molecule has 0 radical (unpaired) electrons. The topological polar surface area (TPSA) is 71.3 Å². The number of rotatable bonds is 5. The van der Waals surface area contributed by atoms with Gasteiger partial charge in [0.2, 0.25) is 0 Å². The first-order chi connectivity index (χ1) is 12.2. The van der Waals surface area contributed by atoms with E-state index in [2.05, 4.69) is 17.6 Å². The van der Waals surface area contributed by atoms with Gasteiger partial charge in [-0.3, -0.25) is 9.59 Å². The molecule has 0 aliphatic heterocycles. The number of aryl methyl sites for hydroxylation is 1. The third-order valence-corrected chi connectivity index (χ3v) is 3.77. The fourth-order valence-electron chi connectivity index (χ4n) is 2.33. The summed E-state index contributed by atoms with van der Waals surface area (Å²) in [4.78, 5) is 24.2. The molecule has 0 saturated heterocycles. The third kappa shape index (κ3) is 4.14. The minimum atomic E-state index is -0.335. The molecular formula is C20H18N2O3. The van der Waals surface area contributed by atoms with Gasteiger partial charge in [0.05, 0.1) is 6.26 Å². The highest BCUT2D eigenvalue weighted by molar-refractivity contribution is 6.05. The molecule has 0 spiro atoms. The van der Waals surface area contributed by atoms with Crippen LogP contribution in [0.3, 0.4) is 0 Å². The standard InChI is InChI=1S/C20H18N2O3/c1-2-14-5-9-16(10-6-14)21-19(23)15-7-11-17(12-8-15)22-20(24)18-4-3-13-25-18/h3-13H,2H2,1H3,(H,21,23)(H,22,24). The van der Waals surface area contributed by atoms with Gasteiger partial charge in [0.25, 0.3) is 11.8 Å². The lowest BCUT2D eigenvalue weighted by Crippen LogP contribution is -2.13. The van der Waals surface area contributed by atoms with Crippen LogP contribution in [-0.4, -0.2) is 11.8 Å². The predicted molar refractivity (Wildman–Crippen MR) is 96.9 cm³/mol. The molecule has 5 nitrogen and oxygen atoms in total. The Morgan fingerprint density at radius 3 is 2.00 bits per heavy atom. The molecule has 0 aliphatic rings. The van der Waals surface area contributed by atoms with Crippen LogP contribution < -0.4 is 10.6 Å². The summed E-state index contributed by atoms with van der Waals surface area (Å²) in [5.74, 6) is -0.302. The molecule has 0 fully saturated rings. The van der Waals surface area contributed by atoms with Gasteiger partial charge in [-0.25, -0.2) is 0 Å². The maximum Gasteiger partial charge on any atom is 0.291 e. The van der Waals surface area contributed by atoms with Gasteiger partial charge >= 0.3 is 0 Å². The molecule has 0 unspecified atom stereocenters. The van der Waals surface area contributed by atoms with Crippen LogP contribution in [0.1, 0.15) is 33.4 Å². The Hall–Kier alpha value is -3.34. The molecule has 25 heavy (non-hydrogen) atoms. The second kappa shape index (κ2) is 7.49. The average Bonchev–Trinajstić information content (AvgIpc) is 3.18. The van der Waals surface area contributed by atoms with Gasteiger partial charge in [0, 0.05) is 16.9 Å². The van der Waals surface area contributed by atoms with Crippen LogP contribution in [0.25, 0.3) is 0 Å². The molecule has 2 aromatic carbocycles. The van der Waals surface area contributed by atoms with E-state index in [1.54, 1.807) is 36.4 Å². The molecule has 3 aromatic rings. The van der Waals surface area contributed by atoms with E-state index < -0.39 is 0 Å². The van der Waals surface area contributed by atoms with E-state index in [9.17, 15) is 9.59 Å². The van der Waals surface area contributed by atoms with Crippen molar-refractivity contribution in [3.63, 3.8) is 0 Å². The highest BCUT2D eigenvalue weighted by atomic mass is 16.3. The highest BCUT2D eigenvalue weighted by Gasteiger charge is 2.10. The Morgan fingerprint density at radius 2 is 1.44 bits per heavy atom. The first-order valence-corrected chi connectivity index (χ1v) is 8.01. The second-order valence-electron chi connectivity index (χ2n) is 5.51. The van der Waals surface area contributed by atoms with Crippen molar-refractivity contribution in [2.24, 2.45) is 0 Å². The molecule has 2 amide bonds. The van der Waals surface area contributed by atoms with Gasteiger partial charge in [-0.2, -0.15) is 0 Å². The van der Waals surface area contributed by atoms with Crippen molar-refractivity contribution < 1.29 is 14.0 Å². The van der Waals surface area contributed by atoms with E-state index in [0.29, 0.717) is 11.3 Å². The fraction of sp³-hybridized carbons (Fsp3) is 0.100. The van der Waals surface area contributed by atoms with Crippen molar-refractivity contribution in [2.75, 3.05) is 10.6 Å². The quantitative estimate of drug-likeness (QED) is 0.729. The largest absolute Gasteiger partial charge is 0.459 e. The molecule has 0 aliphatic carbocycles. The summed E-state index contributed by atoms with van der Waals surface area (Å²) in [7, 11) is 0. The van der Waals surface area contributed by atoms with Crippen LogP contribution in [0.2, 0.25) is 0 Å². The van der Waals surface area contributed by atoms with Crippen molar-refractivity contribution in [1.82, 2.24) is 0 Å². The Bertz CT molecular complexity index is 851. The van der Waals surface area contributed by atoms with Gasteiger partial charge in [-0.1, -0.05) is 19.1 Å². The fourth-order valence-corrected chi connectivity index (χ4v) is 2.33. The van der Waals surface area contributed by atoms with Crippen LogP contribution >= 0.6 is 0 Å². The summed E-state index contributed by atoms with van der Waals surface area (Å²) in [5.41, 5.74) is 3.06. The Balaban J connectivity index is 1.62. The van der Waals surface area contributed by atoms with Crippen LogP contribution in [-0.2, 0) is 6.42 Å².